The minimum absolute atomic E-state index is 0.408. The van der Waals surface area contributed by atoms with E-state index in [1.807, 2.05) is 42.6 Å². The van der Waals surface area contributed by atoms with E-state index in [9.17, 15) is 4.79 Å². The largest absolute Gasteiger partial charge is 0.366 e. The van der Waals surface area contributed by atoms with Crippen LogP contribution in [0.25, 0.3) is 10.9 Å². The van der Waals surface area contributed by atoms with E-state index < -0.39 is 5.91 Å². The van der Waals surface area contributed by atoms with Crippen LogP contribution < -0.4 is 5.73 Å². The number of amides is 1. The molecule has 0 saturated carbocycles. The van der Waals surface area contributed by atoms with Crippen molar-refractivity contribution < 1.29 is 4.79 Å². The lowest BCUT2D eigenvalue weighted by molar-refractivity contribution is 0.100. The van der Waals surface area contributed by atoms with Crippen molar-refractivity contribution in [1.82, 2.24) is 4.57 Å². The molecule has 0 aliphatic carbocycles. The van der Waals surface area contributed by atoms with Gasteiger partial charge in [0.15, 0.2) is 0 Å². The van der Waals surface area contributed by atoms with E-state index in [-0.39, 0.29) is 0 Å². The van der Waals surface area contributed by atoms with E-state index in [1.165, 1.54) is 0 Å². The van der Waals surface area contributed by atoms with Gasteiger partial charge in [0.2, 0.25) is 5.91 Å². The van der Waals surface area contributed by atoms with Gasteiger partial charge >= 0.3 is 0 Å². The van der Waals surface area contributed by atoms with E-state index in [4.69, 9.17) is 17.3 Å². The Labute approximate surface area is 121 Å². The topological polar surface area (TPSA) is 48.0 Å². The number of hydrogen-bond donors (Lipinski definition) is 1. The predicted molar refractivity (Wildman–Crippen MR) is 81.0 cm³/mol. The lowest BCUT2D eigenvalue weighted by Gasteiger charge is -2.06. The Hall–Kier alpha value is -2.26. The van der Waals surface area contributed by atoms with Crippen LogP contribution in [0.4, 0.5) is 0 Å². The highest BCUT2D eigenvalue weighted by atomic mass is 35.5. The van der Waals surface area contributed by atoms with Crippen molar-refractivity contribution in [2.24, 2.45) is 5.73 Å². The average Bonchev–Trinajstić information content (AvgIpc) is 2.84. The molecular weight excluding hydrogens is 272 g/mol. The summed E-state index contributed by atoms with van der Waals surface area (Å²) in [5.74, 6) is -0.408. The summed E-state index contributed by atoms with van der Waals surface area (Å²) in [6, 6.07) is 15.2. The maximum Gasteiger partial charge on any atom is 0.248 e. The molecule has 0 aliphatic heterocycles. The molecule has 1 heterocycles. The van der Waals surface area contributed by atoms with Gasteiger partial charge in [0.05, 0.1) is 0 Å². The average molecular weight is 285 g/mol. The van der Waals surface area contributed by atoms with Gasteiger partial charge < -0.3 is 10.3 Å². The molecule has 1 aromatic heterocycles. The zero-order chi connectivity index (χ0) is 14.1. The molecule has 2 aromatic carbocycles. The second-order valence-electron chi connectivity index (χ2n) is 4.68. The second-order valence-corrected chi connectivity index (χ2v) is 5.08. The zero-order valence-electron chi connectivity index (χ0n) is 10.7. The summed E-state index contributed by atoms with van der Waals surface area (Å²) in [7, 11) is 0. The van der Waals surface area contributed by atoms with Gasteiger partial charge in [-0.1, -0.05) is 29.8 Å². The number of fused-ring (bicyclic) bond motifs is 1. The third-order valence-electron chi connectivity index (χ3n) is 3.35. The molecule has 0 fully saturated rings. The van der Waals surface area contributed by atoms with Crippen LogP contribution in [0, 0.1) is 0 Å². The van der Waals surface area contributed by atoms with Crippen LogP contribution in [0.1, 0.15) is 15.9 Å². The number of rotatable bonds is 3. The molecule has 4 heteroatoms. The third kappa shape index (κ3) is 2.28. The van der Waals surface area contributed by atoms with E-state index in [1.54, 1.807) is 12.1 Å². The highest BCUT2D eigenvalue weighted by Crippen LogP contribution is 2.24. The minimum Gasteiger partial charge on any atom is -0.366 e. The summed E-state index contributed by atoms with van der Waals surface area (Å²) >= 11 is 6.16. The first kappa shape index (κ1) is 12.8. The molecule has 3 rings (SSSR count). The lowest BCUT2D eigenvalue weighted by atomic mass is 10.1. The van der Waals surface area contributed by atoms with Gasteiger partial charge in [0, 0.05) is 34.2 Å². The van der Waals surface area contributed by atoms with Gasteiger partial charge in [0.1, 0.15) is 0 Å². The Morgan fingerprint density at radius 3 is 2.55 bits per heavy atom. The van der Waals surface area contributed by atoms with Gasteiger partial charge in [-0.25, -0.2) is 0 Å². The van der Waals surface area contributed by atoms with Crippen LogP contribution in [0.2, 0.25) is 5.02 Å². The third-order valence-corrected chi connectivity index (χ3v) is 3.68. The highest BCUT2D eigenvalue weighted by molar-refractivity contribution is 6.35. The molecule has 3 aromatic rings. The SMILES string of the molecule is NC(=O)c1ccc(Cn2ccc3c(Cl)cccc32)cc1. The molecule has 0 bridgehead atoms. The Kier molecular flexibility index (Phi) is 3.20. The quantitative estimate of drug-likeness (QED) is 0.787. The van der Waals surface area contributed by atoms with Crippen molar-refractivity contribution in [2.75, 3.05) is 0 Å². The van der Waals surface area contributed by atoms with Gasteiger partial charge in [-0.15, -0.1) is 0 Å². The Morgan fingerprint density at radius 2 is 1.85 bits per heavy atom. The molecule has 0 aliphatic rings. The van der Waals surface area contributed by atoms with E-state index in [0.717, 1.165) is 28.0 Å². The first-order chi connectivity index (χ1) is 9.65. The normalized spacial score (nSPS) is 10.8. The summed E-state index contributed by atoms with van der Waals surface area (Å²) in [6.07, 6.45) is 2.01. The van der Waals surface area contributed by atoms with Crippen LogP contribution in [-0.4, -0.2) is 10.5 Å². The molecule has 0 spiro atoms. The standard InChI is InChI=1S/C16H13ClN2O/c17-14-2-1-3-15-13(14)8-9-19(15)10-11-4-6-12(7-5-11)16(18)20/h1-9H,10H2,(H2,18,20). The number of halogens is 1. The predicted octanol–water partition coefficient (Wildman–Crippen LogP) is 3.44. The monoisotopic (exact) mass is 284 g/mol. The second kappa shape index (κ2) is 5.02. The lowest BCUT2D eigenvalue weighted by Crippen LogP contribution is -2.10. The van der Waals surface area contributed by atoms with Crippen molar-refractivity contribution in [1.29, 1.82) is 0 Å². The number of aromatic nitrogens is 1. The summed E-state index contributed by atoms with van der Waals surface area (Å²) in [5, 5.41) is 1.80. The van der Waals surface area contributed by atoms with Gasteiger partial charge in [-0.2, -0.15) is 0 Å². The molecule has 0 atom stereocenters. The molecular formula is C16H13ClN2O. The number of hydrogen-bond acceptors (Lipinski definition) is 1. The number of nitrogens with zero attached hydrogens (tertiary/aromatic N) is 1. The van der Waals surface area contributed by atoms with Crippen molar-refractivity contribution in [3.05, 3.63) is 70.9 Å². The van der Waals surface area contributed by atoms with Crippen LogP contribution in [0.3, 0.4) is 0 Å². The summed E-state index contributed by atoms with van der Waals surface area (Å²) in [6.45, 7) is 0.725. The number of carbonyl (C=O) groups is 1. The number of benzene rings is 2. The Balaban J connectivity index is 1.93. The molecule has 20 heavy (non-hydrogen) atoms. The maximum absolute atomic E-state index is 11.0. The summed E-state index contributed by atoms with van der Waals surface area (Å²) in [5.41, 5.74) is 7.95. The summed E-state index contributed by atoms with van der Waals surface area (Å²) < 4.78 is 2.13. The van der Waals surface area contributed by atoms with Crippen molar-refractivity contribution in [2.45, 2.75) is 6.54 Å². The van der Waals surface area contributed by atoms with Crippen molar-refractivity contribution in [3.8, 4) is 0 Å². The van der Waals surface area contributed by atoms with Crippen molar-refractivity contribution >= 4 is 28.4 Å². The minimum atomic E-state index is -0.408. The number of primary amides is 1. The fourth-order valence-electron chi connectivity index (χ4n) is 2.29. The van der Waals surface area contributed by atoms with Crippen LogP contribution >= 0.6 is 11.6 Å². The molecule has 0 radical (unpaired) electrons. The fourth-order valence-corrected chi connectivity index (χ4v) is 2.53. The van der Waals surface area contributed by atoms with E-state index in [0.29, 0.717) is 5.56 Å². The Bertz CT molecular complexity index is 775. The van der Waals surface area contributed by atoms with Crippen LogP contribution in [0.5, 0.6) is 0 Å². The molecule has 0 unspecified atom stereocenters. The fraction of sp³-hybridized carbons (Fsp3) is 0.0625. The van der Waals surface area contributed by atoms with Gasteiger partial charge in [-0.3, -0.25) is 4.79 Å². The van der Waals surface area contributed by atoms with Crippen LogP contribution in [0.15, 0.2) is 54.7 Å². The maximum atomic E-state index is 11.0. The Morgan fingerprint density at radius 1 is 1.10 bits per heavy atom. The number of carbonyl (C=O) groups excluding carboxylic acids is 1. The van der Waals surface area contributed by atoms with E-state index >= 15 is 0 Å². The van der Waals surface area contributed by atoms with Crippen molar-refractivity contribution in [3.63, 3.8) is 0 Å². The highest BCUT2D eigenvalue weighted by Gasteiger charge is 2.05. The van der Waals surface area contributed by atoms with E-state index in [2.05, 4.69) is 4.57 Å². The smallest absolute Gasteiger partial charge is 0.248 e. The molecule has 2 N–H and O–H groups in total. The van der Waals surface area contributed by atoms with Gasteiger partial charge in [0.25, 0.3) is 0 Å². The number of nitrogens with two attached hydrogens (primary N) is 1. The first-order valence-corrected chi connectivity index (χ1v) is 6.65. The molecule has 100 valence electrons. The van der Waals surface area contributed by atoms with Gasteiger partial charge in [-0.05, 0) is 35.9 Å². The zero-order valence-corrected chi connectivity index (χ0v) is 11.5. The molecule has 1 amide bonds. The first-order valence-electron chi connectivity index (χ1n) is 6.27. The summed E-state index contributed by atoms with van der Waals surface area (Å²) in [4.78, 5) is 11.0. The molecule has 0 saturated heterocycles. The van der Waals surface area contributed by atoms with Crippen LogP contribution in [-0.2, 0) is 6.54 Å². The molecule has 3 nitrogen and oxygen atoms in total.